The first-order valence-corrected chi connectivity index (χ1v) is 7.02. The molecule has 1 heterocycles. The van der Waals surface area contributed by atoms with E-state index in [1.54, 1.807) is 26.4 Å². The lowest BCUT2D eigenvalue weighted by Crippen LogP contribution is -2.30. The number of hydrogen-bond acceptors (Lipinski definition) is 4. The molecule has 5 nitrogen and oxygen atoms in total. The van der Waals surface area contributed by atoms with Crippen LogP contribution in [0.2, 0.25) is 0 Å². The molecule has 1 fully saturated rings. The molecular weight excluding hydrogens is 270 g/mol. The second-order valence-electron chi connectivity index (χ2n) is 4.86. The standard InChI is InChI=1S/C16H21NO4/c1-19-14-8-12(9-15(10-14)20-2)5-6-16(18)17-11-13-4-3-7-21-13/h5-6,8-10,13H,3-4,7,11H2,1-2H3,(H,17,18)/b6-5+. The van der Waals surface area contributed by atoms with Gasteiger partial charge in [0.2, 0.25) is 5.91 Å². The molecular formula is C16H21NO4. The Morgan fingerprint density at radius 2 is 2.05 bits per heavy atom. The zero-order valence-electron chi connectivity index (χ0n) is 12.4. The molecule has 21 heavy (non-hydrogen) atoms. The molecule has 0 radical (unpaired) electrons. The second kappa shape index (κ2) is 7.69. The number of rotatable bonds is 6. The predicted molar refractivity (Wildman–Crippen MR) is 80.6 cm³/mol. The zero-order valence-corrected chi connectivity index (χ0v) is 12.4. The van der Waals surface area contributed by atoms with E-state index in [2.05, 4.69) is 5.32 Å². The average Bonchev–Trinajstić information content (AvgIpc) is 3.03. The van der Waals surface area contributed by atoms with Gasteiger partial charge >= 0.3 is 0 Å². The third kappa shape index (κ3) is 4.79. The quantitative estimate of drug-likeness (QED) is 0.815. The minimum Gasteiger partial charge on any atom is -0.497 e. The van der Waals surface area contributed by atoms with Crippen LogP contribution >= 0.6 is 0 Å². The summed E-state index contributed by atoms with van der Waals surface area (Å²) < 4.78 is 15.8. The van der Waals surface area contributed by atoms with Gasteiger partial charge in [0.05, 0.1) is 20.3 Å². The summed E-state index contributed by atoms with van der Waals surface area (Å²) in [6, 6.07) is 5.47. The Labute approximate surface area is 124 Å². The Bertz CT molecular complexity index is 485. The molecule has 1 aromatic rings. The van der Waals surface area contributed by atoms with Gasteiger partial charge in [0, 0.05) is 25.3 Å². The molecule has 1 N–H and O–H groups in total. The number of methoxy groups -OCH3 is 2. The van der Waals surface area contributed by atoms with Crippen molar-refractivity contribution >= 4 is 12.0 Å². The van der Waals surface area contributed by atoms with Crippen molar-refractivity contribution in [3.8, 4) is 11.5 Å². The Hall–Kier alpha value is -2.01. The summed E-state index contributed by atoms with van der Waals surface area (Å²) in [7, 11) is 3.19. The van der Waals surface area contributed by atoms with Crippen molar-refractivity contribution in [3.63, 3.8) is 0 Å². The highest BCUT2D eigenvalue weighted by Gasteiger charge is 2.15. The summed E-state index contributed by atoms with van der Waals surface area (Å²) in [5, 5.41) is 2.84. The maximum absolute atomic E-state index is 11.8. The summed E-state index contributed by atoms with van der Waals surface area (Å²) in [5.74, 6) is 1.25. The van der Waals surface area contributed by atoms with Crippen molar-refractivity contribution in [1.29, 1.82) is 0 Å². The molecule has 5 heteroatoms. The summed E-state index contributed by atoms with van der Waals surface area (Å²) >= 11 is 0. The van der Waals surface area contributed by atoms with Gasteiger partial charge in [-0.25, -0.2) is 0 Å². The maximum atomic E-state index is 11.8. The van der Waals surface area contributed by atoms with Gasteiger partial charge in [-0.1, -0.05) is 0 Å². The Morgan fingerprint density at radius 3 is 2.62 bits per heavy atom. The third-order valence-electron chi connectivity index (χ3n) is 3.33. The largest absolute Gasteiger partial charge is 0.497 e. The van der Waals surface area contributed by atoms with E-state index < -0.39 is 0 Å². The fourth-order valence-corrected chi connectivity index (χ4v) is 2.18. The minimum absolute atomic E-state index is 0.132. The van der Waals surface area contributed by atoms with Gasteiger partial charge in [-0.2, -0.15) is 0 Å². The summed E-state index contributed by atoms with van der Waals surface area (Å²) in [6.07, 6.45) is 5.47. The van der Waals surface area contributed by atoms with Gasteiger partial charge in [-0.15, -0.1) is 0 Å². The van der Waals surface area contributed by atoms with Crippen LogP contribution in [-0.4, -0.2) is 39.4 Å². The van der Waals surface area contributed by atoms with Crippen molar-refractivity contribution in [1.82, 2.24) is 5.32 Å². The van der Waals surface area contributed by atoms with Crippen molar-refractivity contribution in [3.05, 3.63) is 29.8 Å². The molecule has 1 atom stereocenters. The number of benzene rings is 1. The Morgan fingerprint density at radius 1 is 1.33 bits per heavy atom. The first-order valence-electron chi connectivity index (χ1n) is 7.02. The van der Waals surface area contributed by atoms with Crippen LogP contribution in [-0.2, 0) is 9.53 Å². The number of carbonyl (C=O) groups excluding carboxylic acids is 1. The molecule has 1 unspecified atom stereocenters. The van der Waals surface area contributed by atoms with E-state index in [0.717, 1.165) is 25.0 Å². The van der Waals surface area contributed by atoms with Crippen molar-refractivity contribution < 1.29 is 19.0 Å². The van der Waals surface area contributed by atoms with Crippen molar-refractivity contribution in [2.45, 2.75) is 18.9 Å². The molecule has 1 aliphatic rings. The molecule has 1 aliphatic heterocycles. The first-order chi connectivity index (χ1) is 10.2. The summed E-state index contributed by atoms with van der Waals surface area (Å²) in [6.45, 7) is 1.35. The highest BCUT2D eigenvalue weighted by atomic mass is 16.5. The van der Waals surface area contributed by atoms with Crippen LogP contribution in [0.15, 0.2) is 24.3 Å². The van der Waals surface area contributed by atoms with E-state index in [9.17, 15) is 4.79 Å². The molecule has 1 saturated heterocycles. The summed E-state index contributed by atoms with van der Waals surface area (Å²) in [4.78, 5) is 11.8. The lowest BCUT2D eigenvalue weighted by Gasteiger charge is -2.09. The van der Waals surface area contributed by atoms with E-state index in [4.69, 9.17) is 14.2 Å². The van der Waals surface area contributed by atoms with E-state index in [0.29, 0.717) is 18.0 Å². The van der Waals surface area contributed by atoms with Crippen LogP contribution in [0.25, 0.3) is 6.08 Å². The average molecular weight is 291 g/mol. The Kier molecular flexibility index (Phi) is 5.63. The molecule has 0 spiro atoms. The lowest BCUT2D eigenvalue weighted by atomic mass is 10.2. The number of ether oxygens (including phenoxy) is 3. The van der Waals surface area contributed by atoms with Crippen LogP contribution < -0.4 is 14.8 Å². The van der Waals surface area contributed by atoms with Crippen LogP contribution in [0.4, 0.5) is 0 Å². The van der Waals surface area contributed by atoms with E-state index in [1.165, 1.54) is 6.08 Å². The van der Waals surface area contributed by atoms with Crippen LogP contribution in [0.1, 0.15) is 18.4 Å². The SMILES string of the molecule is COc1cc(/C=C/C(=O)NCC2CCCO2)cc(OC)c1. The molecule has 2 rings (SSSR count). The van der Waals surface area contributed by atoms with Gasteiger partial charge in [0.1, 0.15) is 11.5 Å². The first kappa shape index (κ1) is 15.4. The van der Waals surface area contributed by atoms with Crippen LogP contribution in [0.5, 0.6) is 11.5 Å². The van der Waals surface area contributed by atoms with Crippen molar-refractivity contribution in [2.24, 2.45) is 0 Å². The molecule has 1 amide bonds. The molecule has 114 valence electrons. The molecule has 0 aromatic heterocycles. The van der Waals surface area contributed by atoms with Gasteiger partial charge in [-0.05, 0) is 36.6 Å². The Balaban J connectivity index is 1.91. The lowest BCUT2D eigenvalue weighted by molar-refractivity contribution is -0.116. The van der Waals surface area contributed by atoms with Gasteiger partial charge < -0.3 is 19.5 Å². The predicted octanol–water partition coefficient (Wildman–Crippen LogP) is 2.01. The topological polar surface area (TPSA) is 56.8 Å². The van der Waals surface area contributed by atoms with E-state index in [1.807, 2.05) is 12.1 Å². The number of carbonyl (C=O) groups is 1. The number of amides is 1. The zero-order chi connectivity index (χ0) is 15.1. The smallest absolute Gasteiger partial charge is 0.244 e. The number of nitrogens with one attached hydrogen (secondary N) is 1. The van der Waals surface area contributed by atoms with Gasteiger partial charge in [0.25, 0.3) is 0 Å². The highest BCUT2D eigenvalue weighted by Crippen LogP contribution is 2.23. The highest BCUT2D eigenvalue weighted by molar-refractivity contribution is 5.91. The molecule has 1 aromatic carbocycles. The number of hydrogen-bond donors (Lipinski definition) is 1. The third-order valence-corrected chi connectivity index (χ3v) is 3.33. The van der Waals surface area contributed by atoms with Crippen molar-refractivity contribution in [2.75, 3.05) is 27.4 Å². The minimum atomic E-state index is -0.132. The van der Waals surface area contributed by atoms with Gasteiger partial charge in [0.15, 0.2) is 0 Å². The maximum Gasteiger partial charge on any atom is 0.244 e. The van der Waals surface area contributed by atoms with E-state index >= 15 is 0 Å². The summed E-state index contributed by atoms with van der Waals surface area (Å²) in [5.41, 5.74) is 0.846. The monoisotopic (exact) mass is 291 g/mol. The normalized spacial score (nSPS) is 17.9. The fraction of sp³-hybridized carbons (Fsp3) is 0.438. The van der Waals surface area contributed by atoms with E-state index in [-0.39, 0.29) is 12.0 Å². The van der Waals surface area contributed by atoms with Crippen LogP contribution in [0, 0.1) is 0 Å². The molecule has 0 bridgehead atoms. The fourth-order valence-electron chi connectivity index (χ4n) is 2.18. The van der Waals surface area contributed by atoms with Gasteiger partial charge in [-0.3, -0.25) is 4.79 Å². The second-order valence-corrected chi connectivity index (χ2v) is 4.86. The van der Waals surface area contributed by atoms with Crippen LogP contribution in [0.3, 0.4) is 0 Å². The molecule has 0 aliphatic carbocycles. The molecule has 0 saturated carbocycles.